The van der Waals surface area contributed by atoms with Gasteiger partial charge in [-0.2, -0.15) is 0 Å². The fourth-order valence-corrected chi connectivity index (χ4v) is 4.80. The normalized spacial score (nSPS) is 18.0. The number of fused-ring (bicyclic) bond motifs is 1. The summed E-state index contributed by atoms with van der Waals surface area (Å²) < 4.78 is 0.0531. The topological polar surface area (TPSA) is 121 Å². The van der Waals surface area contributed by atoms with Crippen LogP contribution in [0.25, 0.3) is 5.57 Å². The number of hydrogen-bond acceptors (Lipinski definition) is 7. The zero-order chi connectivity index (χ0) is 22.3. The molecule has 2 amide bonds. The predicted molar refractivity (Wildman–Crippen MR) is 117 cm³/mol. The van der Waals surface area contributed by atoms with E-state index in [0.717, 1.165) is 16.7 Å². The number of nitrogens with zero attached hydrogens (tertiary/aromatic N) is 3. The Morgan fingerprint density at radius 2 is 1.74 bits per heavy atom. The number of carbonyl (C=O) groups is 3. The maximum absolute atomic E-state index is 13.4. The van der Waals surface area contributed by atoms with E-state index in [4.69, 9.17) is 17.3 Å². The van der Waals surface area contributed by atoms with Crippen molar-refractivity contribution in [2.45, 2.75) is 6.54 Å². The van der Waals surface area contributed by atoms with Crippen molar-refractivity contribution in [1.82, 2.24) is 4.90 Å². The molecule has 0 bridgehead atoms. The molecule has 2 aromatic rings. The molecule has 0 aliphatic carbocycles. The van der Waals surface area contributed by atoms with Gasteiger partial charge >= 0.3 is 5.97 Å². The molecule has 31 heavy (non-hydrogen) atoms. The molecule has 4 rings (SSSR count). The van der Waals surface area contributed by atoms with E-state index >= 15 is 0 Å². The van der Waals surface area contributed by atoms with Crippen LogP contribution in [0.1, 0.15) is 11.1 Å². The number of para-hydroxylation sites is 2. The van der Waals surface area contributed by atoms with E-state index in [2.05, 4.69) is 0 Å². The number of hydrogen-bond donors (Lipinski definition) is 1. The van der Waals surface area contributed by atoms with Crippen LogP contribution in [0.2, 0.25) is 0 Å². The molecule has 2 aromatic carbocycles. The molecule has 0 unspecified atom stereocenters. The number of anilines is 1. The van der Waals surface area contributed by atoms with Crippen LogP contribution in [0.4, 0.5) is 11.4 Å². The van der Waals surface area contributed by atoms with Gasteiger partial charge in [0.25, 0.3) is 17.5 Å². The zero-order valence-electron chi connectivity index (χ0n) is 15.7. The minimum Gasteiger partial charge on any atom is -0.480 e. The van der Waals surface area contributed by atoms with Gasteiger partial charge in [-0.1, -0.05) is 60.4 Å². The maximum Gasteiger partial charge on any atom is 0.323 e. The lowest BCUT2D eigenvalue weighted by molar-refractivity contribution is -0.385. The molecule has 2 heterocycles. The summed E-state index contributed by atoms with van der Waals surface area (Å²) in [7, 11) is 0. The summed E-state index contributed by atoms with van der Waals surface area (Å²) in [5.74, 6) is -2.38. The number of aliphatic carboxylic acids is 1. The summed E-state index contributed by atoms with van der Waals surface area (Å²) >= 11 is 6.01. The van der Waals surface area contributed by atoms with E-state index in [0.29, 0.717) is 16.8 Å². The Morgan fingerprint density at radius 3 is 2.45 bits per heavy atom. The second kappa shape index (κ2) is 7.93. The Kier molecular flexibility index (Phi) is 5.29. The highest BCUT2D eigenvalue weighted by Gasteiger charge is 2.42. The minimum atomic E-state index is -1.22. The molecule has 0 radical (unpaired) electrons. The van der Waals surface area contributed by atoms with Crippen molar-refractivity contribution in [2.24, 2.45) is 0 Å². The van der Waals surface area contributed by atoms with E-state index in [1.165, 1.54) is 11.0 Å². The molecule has 1 fully saturated rings. The van der Waals surface area contributed by atoms with Gasteiger partial charge in [0.1, 0.15) is 10.9 Å². The summed E-state index contributed by atoms with van der Waals surface area (Å²) in [4.78, 5) is 50.5. The lowest BCUT2D eigenvalue weighted by Crippen LogP contribution is -2.33. The predicted octanol–water partition coefficient (Wildman–Crippen LogP) is 2.80. The Morgan fingerprint density at radius 1 is 1.06 bits per heavy atom. The molecule has 2 aliphatic rings. The third-order valence-electron chi connectivity index (χ3n) is 4.81. The molecule has 2 aliphatic heterocycles. The summed E-state index contributed by atoms with van der Waals surface area (Å²) in [5, 5.41) is 20.4. The molecule has 0 spiro atoms. The number of carboxylic acids is 1. The average Bonchev–Trinajstić information content (AvgIpc) is 3.16. The zero-order valence-corrected chi connectivity index (χ0v) is 17.3. The van der Waals surface area contributed by atoms with Gasteiger partial charge in [-0.3, -0.25) is 29.4 Å². The first kappa shape index (κ1) is 20.7. The lowest BCUT2D eigenvalue weighted by Gasteiger charge is -2.17. The molecule has 1 saturated heterocycles. The summed E-state index contributed by atoms with van der Waals surface area (Å²) in [6.45, 7) is -0.664. The number of benzene rings is 2. The van der Waals surface area contributed by atoms with E-state index in [-0.39, 0.29) is 27.0 Å². The van der Waals surface area contributed by atoms with Gasteiger partial charge in [0.15, 0.2) is 0 Å². The number of rotatable bonds is 5. The Hall–Kier alpha value is -3.57. The van der Waals surface area contributed by atoms with Crippen molar-refractivity contribution in [3.63, 3.8) is 0 Å². The van der Waals surface area contributed by atoms with Gasteiger partial charge in [-0.25, -0.2) is 0 Å². The molecule has 0 atom stereocenters. The van der Waals surface area contributed by atoms with Crippen molar-refractivity contribution < 1.29 is 24.4 Å². The van der Waals surface area contributed by atoms with Crippen LogP contribution in [0.5, 0.6) is 0 Å². The highest BCUT2D eigenvalue weighted by atomic mass is 32.2. The van der Waals surface area contributed by atoms with Crippen molar-refractivity contribution in [2.75, 3.05) is 11.4 Å². The third kappa shape index (κ3) is 3.57. The first-order chi connectivity index (χ1) is 14.8. The van der Waals surface area contributed by atoms with Crippen LogP contribution >= 0.6 is 24.0 Å². The molecule has 9 nitrogen and oxygen atoms in total. The Labute approximate surface area is 185 Å². The highest BCUT2D eigenvalue weighted by Crippen LogP contribution is 2.45. The number of nitro groups is 1. The third-order valence-corrected chi connectivity index (χ3v) is 6.26. The summed E-state index contributed by atoms with van der Waals surface area (Å²) in [6, 6.07) is 12.9. The molecular formula is C20H13N3O6S2. The number of thiocarbonyl (C=S) groups is 1. The fraction of sp³-hybridized carbons (Fsp3) is 0.100. The van der Waals surface area contributed by atoms with Crippen molar-refractivity contribution in [3.8, 4) is 0 Å². The maximum atomic E-state index is 13.4. The Bertz CT molecular complexity index is 1210. The highest BCUT2D eigenvalue weighted by molar-refractivity contribution is 8.26. The Balaban J connectivity index is 1.79. The van der Waals surface area contributed by atoms with E-state index < -0.39 is 29.3 Å². The van der Waals surface area contributed by atoms with Crippen LogP contribution < -0.4 is 4.90 Å². The molecule has 1 N–H and O–H groups in total. The van der Waals surface area contributed by atoms with Gasteiger partial charge in [0.05, 0.1) is 27.6 Å². The van der Waals surface area contributed by atoms with Gasteiger partial charge in [0.2, 0.25) is 0 Å². The fourth-order valence-electron chi connectivity index (χ4n) is 3.47. The molecule has 11 heteroatoms. The molecule has 0 saturated carbocycles. The molecular weight excluding hydrogens is 442 g/mol. The average molecular weight is 455 g/mol. The van der Waals surface area contributed by atoms with E-state index in [1.54, 1.807) is 42.5 Å². The summed E-state index contributed by atoms with van der Waals surface area (Å²) in [5.41, 5.74) is 1.33. The first-order valence-corrected chi connectivity index (χ1v) is 10.2. The smallest absolute Gasteiger partial charge is 0.323 e. The van der Waals surface area contributed by atoms with Crippen LogP contribution in [-0.4, -0.2) is 43.6 Å². The molecule has 0 aromatic heterocycles. The van der Waals surface area contributed by atoms with Crippen molar-refractivity contribution >= 4 is 63.0 Å². The van der Waals surface area contributed by atoms with E-state index in [9.17, 15) is 24.5 Å². The number of amides is 2. The van der Waals surface area contributed by atoms with Crippen LogP contribution in [0.15, 0.2) is 53.4 Å². The second-order valence-corrected chi connectivity index (χ2v) is 8.30. The van der Waals surface area contributed by atoms with Gasteiger partial charge in [-0.05, 0) is 6.07 Å². The van der Waals surface area contributed by atoms with Crippen LogP contribution in [-0.2, 0) is 20.9 Å². The number of carbonyl (C=O) groups excluding carboxylic acids is 2. The largest absolute Gasteiger partial charge is 0.480 e. The lowest BCUT2D eigenvalue weighted by atomic mass is 10.1. The molecule has 156 valence electrons. The van der Waals surface area contributed by atoms with Crippen LogP contribution in [0.3, 0.4) is 0 Å². The van der Waals surface area contributed by atoms with Crippen LogP contribution in [0, 0.1) is 10.1 Å². The van der Waals surface area contributed by atoms with Crippen molar-refractivity contribution in [3.05, 3.63) is 74.7 Å². The van der Waals surface area contributed by atoms with Gasteiger partial charge in [-0.15, -0.1) is 0 Å². The standard InChI is InChI=1S/C20H13N3O6S2/c24-15(25)10-22-19(27)17(31-20(22)30)16-12-6-2-4-8-14(12)21(18(16)26)9-11-5-1-3-7-13(11)23(28)29/h1-8H,9-10H2,(H,24,25). The van der Waals surface area contributed by atoms with Crippen molar-refractivity contribution in [1.29, 1.82) is 0 Å². The first-order valence-electron chi connectivity index (χ1n) is 8.93. The van der Waals surface area contributed by atoms with E-state index in [1.807, 2.05) is 0 Å². The second-order valence-electron chi connectivity index (χ2n) is 6.65. The SMILES string of the molecule is O=C(O)CN1C(=O)C(=C2C(=O)N(Cc3ccccc3[N+](=O)[O-])c3ccccc32)SC1=S. The monoisotopic (exact) mass is 455 g/mol. The van der Waals surface area contributed by atoms with Gasteiger partial charge < -0.3 is 10.0 Å². The number of carboxylic acid groups (broad SMARTS) is 1. The van der Waals surface area contributed by atoms with Gasteiger partial charge in [0, 0.05) is 17.2 Å². The quantitative estimate of drug-likeness (QED) is 0.316. The number of nitro benzene ring substituents is 1. The minimum absolute atomic E-state index is 0.0498. The number of thioether (sulfide) groups is 1. The summed E-state index contributed by atoms with van der Waals surface area (Å²) in [6.07, 6.45) is 0.